The molecule has 5 aliphatic rings. The highest BCUT2D eigenvalue weighted by atomic mass is 19.4. The molecule has 4 aliphatic carbocycles. The first kappa shape index (κ1) is 18.3. The highest BCUT2D eigenvalue weighted by Gasteiger charge is 2.67. The molecular formula is C20H16F4N2O3. The quantitative estimate of drug-likeness (QED) is 0.439. The van der Waals surface area contributed by atoms with Crippen molar-refractivity contribution in [2.24, 2.45) is 35.5 Å². The van der Waals surface area contributed by atoms with Gasteiger partial charge in [-0.3, -0.25) is 24.2 Å². The van der Waals surface area contributed by atoms with E-state index in [0.717, 1.165) is 35.6 Å². The molecule has 0 N–H and O–H groups in total. The number of carbonyl (C=O) groups excluding carboxylic acids is 3. The van der Waals surface area contributed by atoms with Crippen molar-refractivity contribution in [3.8, 4) is 0 Å². The van der Waals surface area contributed by atoms with Gasteiger partial charge in [0.05, 0.1) is 11.8 Å². The first-order valence-corrected chi connectivity index (χ1v) is 9.36. The number of rotatable bonds is 3. The molecule has 2 bridgehead atoms. The van der Waals surface area contributed by atoms with E-state index in [4.69, 9.17) is 0 Å². The summed E-state index contributed by atoms with van der Waals surface area (Å²) in [6.45, 7) is -0.844. The SMILES string of the molecule is O=C1[C@H]2[C@@H]3C=C[C@H]([C@H]4C[C@H]34)[C@@H]2C(=O)N1CN(C(=O)C(F)(F)F)c1ccc(F)cc1. The standard InChI is InChI=1S/C20H16F4N2O3/c21-9-1-3-10(4-2-9)25(19(29)20(22,23)24)8-26-17(27)15-11-5-6-12(14-7-13(11)14)16(15)18(26)28/h1-6,11-16H,7-8H2/t11-,12-,13-,14-,15+,16+/m1/s1. The summed E-state index contributed by atoms with van der Waals surface area (Å²) in [4.78, 5) is 39.1. The summed E-state index contributed by atoms with van der Waals surface area (Å²) in [5, 5.41) is 0. The fourth-order valence-corrected chi connectivity index (χ4v) is 5.34. The van der Waals surface area contributed by atoms with E-state index in [9.17, 15) is 31.9 Å². The first-order chi connectivity index (χ1) is 13.7. The summed E-state index contributed by atoms with van der Waals surface area (Å²) in [6.07, 6.45) is -0.347. The zero-order valence-corrected chi connectivity index (χ0v) is 15.0. The van der Waals surface area contributed by atoms with Crippen molar-refractivity contribution in [1.82, 2.24) is 4.90 Å². The third-order valence-corrected chi connectivity index (χ3v) is 6.66. The van der Waals surface area contributed by atoms with Crippen molar-refractivity contribution in [3.05, 3.63) is 42.2 Å². The van der Waals surface area contributed by atoms with Gasteiger partial charge in [0, 0.05) is 5.69 Å². The molecule has 2 saturated carbocycles. The number of alkyl halides is 3. The number of amides is 3. The molecule has 1 aromatic carbocycles. The summed E-state index contributed by atoms with van der Waals surface area (Å²) in [7, 11) is 0. The number of carbonyl (C=O) groups is 3. The van der Waals surface area contributed by atoms with Crippen molar-refractivity contribution in [1.29, 1.82) is 0 Å². The van der Waals surface area contributed by atoms with E-state index in [1.807, 2.05) is 12.2 Å². The fraction of sp³-hybridized carbons (Fsp3) is 0.450. The van der Waals surface area contributed by atoms with E-state index in [-0.39, 0.29) is 17.5 Å². The van der Waals surface area contributed by atoms with Crippen molar-refractivity contribution in [2.75, 3.05) is 11.6 Å². The van der Waals surface area contributed by atoms with Crippen LogP contribution in [0.15, 0.2) is 36.4 Å². The molecule has 9 heteroatoms. The van der Waals surface area contributed by atoms with E-state index in [0.29, 0.717) is 16.7 Å². The average molecular weight is 408 g/mol. The molecule has 6 atom stereocenters. The number of imide groups is 1. The van der Waals surface area contributed by atoms with Crippen LogP contribution in [-0.2, 0) is 14.4 Å². The van der Waals surface area contributed by atoms with Gasteiger partial charge in [0.2, 0.25) is 11.8 Å². The largest absolute Gasteiger partial charge is 0.471 e. The minimum absolute atomic E-state index is 0.0750. The van der Waals surface area contributed by atoms with Crippen LogP contribution in [0.5, 0.6) is 0 Å². The van der Waals surface area contributed by atoms with E-state index in [1.165, 1.54) is 0 Å². The van der Waals surface area contributed by atoms with Gasteiger partial charge in [-0.2, -0.15) is 13.2 Å². The summed E-state index contributed by atoms with van der Waals surface area (Å²) in [5.74, 6) is -4.56. The number of likely N-dealkylation sites (tertiary alicyclic amines) is 1. The Bertz CT molecular complexity index is 906. The first-order valence-electron chi connectivity index (χ1n) is 9.36. The predicted molar refractivity (Wildman–Crippen MR) is 91.4 cm³/mol. The molecule has 0 spiro atoms. The maximum Gasteiger partial charge on any atom is 0.471 e. The Kier molecular flexibility index (Phi) is 3.73. The van der Waals surface area contributed by atoms with Crippen LogP contribution in [-0.4, -0.2) is 35.5 Å². The lowest BCUT2D eigenvalue weighted by molar-refractivity contribution is -0.171. The van der Waals surface area contributed by atoms with Crippen molar-refractivity contribution in [3.63, 3.8) is 0 Å². The number of allylic oxidation sites excluding steroid dienone is 2. The second-order valence-electron chi connectivity index (χ2n) is 8.11. The van der Waals surface area contributed by atoms with Gasteiger partial charge in [-0.15, -0.1) is 0 Å². The summed E-state index contributed by atoms with van der Waals surface area (Å²) >= 11 is 0. The van der Waals surface area contributed by atoms with Gasteiger partial charge in [-0.05, 0) is 54.4 Å². The predicted octanol–water partition coefficient (Wildman–Crippen LogP) is 2.73. The fourth-order valence-electron chi connectivity index (χ4n) is 5.34. The molecule has 5 nitrogen and oxygen atoms in total. The molecular weight excluding hydrogens is 392 g/mol. The highest BCUT2D eigenvalue weighted by Crippen LogP contribution is 2.65. The number of hydrogen-bond acceptors (Lipinski definition) is 3. The number of benzene rings is 1. The van der Waals surface area contributed by atoms with Crippen molar-refractivity contribution >= 4 is 23.4 Å². The Labute approximate surface area is 162 Å². The number of anilines is 1. The number of nitrogens with zero attached hydrogens (tertiary/aromatic N) is 2. The molecule has 6 rings (SSSR count). The number of halogens is 4. The maximum atomic E-state index is 13.2. The molecule has 29 heavy (non-hydrogen) atoms. The van der Waals surface area contributed by atoms with Crippen molar-refractivity contribution in [2.45, 2.75) is 12.6 Å². The zero-order valence-electron chi connectivity index (χ0n) is 15.0. The average Bonchev–Trinajstić information content (AvgIpc) is 3.46. The molecule has 1 aromatic rings. The molecule has 0 radical (unpaired) electrons. The van der Waals surface area contributed by atoms with Crippen LogP contribution in [0, 0.1) is 41.3 Å². The summed E-state index contributed by atoms with van der Waals surface area (Å²) in [6, 6.07) is 3.85. The van der Waals surface area contributed by atoms with Gasteiger partial charge in [-0.1, -0.05) is 12.2 Å². The van der Waals surface area contributed by atoms with E-state index < -0.39 is 48.2 Å². The normalized spacial score (nSPS) is 34.3. The molecule has 1 saturated heterocycles. The monoisotopic (exact) mass is 408 g/mol. The Morgan fingerprint density at radius 3 is 2.00 bits per heavy atom. The lowest BCUT2D eigenvalue weighted by atomic mass is 9.63. The van der Waals surface area contributed by atoms with Crippen LogP contribution < -0.4 is 4.90 Å². The molecule has 1 aliphatic heterocycles. The smallest absolute Gasteiger partial charge is 0.286 e. The third kappa shape index (κ3) is 2.63. The zero-order chi connectivity index (χ0) is 20.7. The minimum Gasteiger partial charge on any atom is -0.286 e. The Hall–Kier alpha value is -2.71. The second-order valence-corrected chi connectivity index (χ2v) is 8.11. The van der Waals surface area contributed by atoms with Gasteiger partial charge in [0.1, 0.15) is 12.5 Å². The van der Waals surface area contributed by atoms with Crippen molar-refractivity contribution < 1.29 is 31.9 Å². The van der Waals surface area contributed by atoms with Crippen LogP contribution >= 0.6 is 0 Å². The number of hydrogen-bond donors (Lipinski definition) is 0. The minimum atomic E-state index is -5.21. The van der Waals surface area contributed by atoms with Gasteiger partial charge < -0.3 is 0 Å². The van der Waals surface area contributed by atoms with Gasteiger partial charge in [-0.25, -0.2) is 4.39 Å². The van der Waals surface area contributed by atoms with E-state index in [2.05, 4.69) is 0 Å². The van der Waals surface area contributed by atoms with Gasteiger partial charge in [0.15, 0.2) is 0 Å². The van der Waals surface area contributed by atoms with E-state index in [1.54, 1.807) is 0 Å². The lowest BCUT2D eigenvalue weighted by Crippen LogP contribution is -2.49. The lowest BCUT2D eigenvalue weighted by Gasteiger charge is -2.37. The van der Waals surface area contributed by atoms with Crippen LogP contribution in [0.3, 0.4) is 0 Å². The molecule has 3 amide bonds. The van der Waals surface area contributed by atoms with Crippen LogP contribution in [0.1, 0.15) is 6.42 Å². The van der Waals surface area contributed by atoms with Crippen LogP contribution in [0.2, 0.25) is 0 Å². The van der Waals surface area contributed by atoms with Crippen LogP contribution in [0.25, 0.3) is 0 Å². The Balaban J connectivity index is 1.46. The van der Waals surface area contributed by atoms with Crippen LogP contribution in [0.4, 0.5) is 23.2 Å². The molecule has 1 heterocycles. The Morgan fingerprint density at radius 2 is 1.52 bits per heavy atom. The van der Waals surface area contributed by atoms with E-state index >= 15 is 0 Å². The second kappa shape index (κ2) is 5.90. The molecule has 0 aromatic heterocycles. The summed E-state index contributed by atoms with van der Waals surface area (Å²) < 4.78 is 52.7. The van der Waals surface area contributed by atoms with Gasteiger partial charge in [0.25, 0.3) is 0 Å². The third-order valence-electron chi connectivity index (χ3n) is 6.66. The highest BCUT2D eigenvalue weighted by molar-refractivity contribution is 6.07. The van der Waals surface area contributed by atoms with Gasteiger partial charge >= 0.3 is 12.1 Å². The maximum absolute atomic E-state index is 13.2. The Morgan fingerprint density at radius 1 is 1.00 bits per heavy atom. The molecule has 3 fully saturated rings. The molecule has 0 unspecified atom stereocenters. The summed E-state index contributed by atoms with van der Waals surface area (Å²) in [5.41, 5.74) is -0.242. The topological polar surface area (TPSA) is 57.7 Å². The molecule has 152 valence electrons.